The lowest BCUT2D eigenvalue weighted by molar-refractivity contribution is -0.141. The van der Waals surface area contributed by atoms with Gasteiger partial charge in [0.25, 0.3) is 0 Å². The molecule has 29 heavy (non-hydrogen) atoms. The molecule has 1 amide bonds. The number of fused-ring (bicyclic) bond motifs is 1. The molecule has 0 radical (unpaired) electrons. The first-order valence-corrected chi connectivity index (χ1v) is 9.38. The third kappa shape index (κ3) is 3.77. The molecule has 0 aliphatic carbocycles. The fourth-order valence-corrected chi connectivity index (χ4v) is 3.88. The van der Waals surface area contributed by atoms with Crippen molar-refractivity contribution >= 4 is 5.91 Å². The Hall–Kier alpha value is -2.72. The molecule has 2 aromatic heterocycles. The second-order valence-electron chi connectivity index (χ2n) is 7.32. The minimum absolute atomic E-state index is 0.0156. The van der Waals surface area contributed by atoms with Crippen molar-refractivity contribution in [2.75, 3.05) is 13.1 Å². The van der Waals surface area contributed by atoms with Gasteiger partial charge < -0.3 is 4.90 Å². The molecule has 4 heterocycles. The number of hydrogen-bond acceptors (Lipinski definition) is 4. The summed E-state index contributed by atoms with van der Waals surface area (Å²) in [5, 5.41) is 4.21. The molecule has 0 bridgehead atoms. The Morgan fingerprint density at radius 3 is 2.72 bits per heavy atom. The molecule has 2 aromatic rings. The molecule has 1 fully saturated rings. The second kappa shape index (κ2) is 7.27. The quantitative estimate of drug-likeness (QED) is 0.722. The van der Waals surface area contributed by atoms with Crippen LogP contribution in [0.25, 0.3) is 0 Å². The number of alkyl halides is 4. The molecule has 7 nitrogen and oxygen atoms in total. The zero-order chi connectivity index (χ0) is 20.8. The molecular formula is C18H19F4N5O2. The van der Waals surface area contributed by atoms with Crippen molar-refractivity contribution in [1.29, 1.82) is 0 Å². The summed E-state index contributed by atoms with van der Waals surface area (Å²) in [7, 11) is 0. The van der Waals surface area contributed by atoms with Crippen molar-refractivity contribution in [3.05, 3.63) is 45.9 Å². The molecule has 0 aromatic carbocycles. The number of aryl methyl sites for hydroxylation is 1. The van der Waals surface area contributed by atoms with Crippen molar-refractivity contribution in [2.45, 2.75) is 50.6 Å². The van der Waals surface area contributed by atoms with Gasteiger partial charge >= 0.3 is 11.9 Å². The Balaban J connectivity index is 1.62. The van der Waals surface area contributed by atoms with Gasteiger partial charge in [-0.05, 0) is 31.4 Å². The van der Waals surface area contributed by atoms with Crippen molar-refractivity contribution in [1.82, 2.24) is 24.2 Å². The maximum Gasteiger partial charge on any atom is 0.433 e. The van der Waals surface area contributed by atoms with E-state index in [1.807, 2.05) is 0 Å². The van der Waals surface area contributed by atoms with E-state index in [2.05, 4.69) is 10.1 Å². The standard InChI is InChI=1S/C18H19F4N5O2/c19-11-7-8-25(9-11)16(28)13-4-2-6-15-24-26(17(29)27(13)15)10-12-3-1-5-14(23-12)18(20,21)22/h1,3,5,11,13H,2,4,6-10H2/t11-,13-/m0/s1. The zero-order valence-corrected chi connectivity index (χ0v) is 15.4. The average molecular weight is 413 g/mol. The van der Waals surface area contributed by atoms with Crippen LogP contribution in [0.2, 0.25) is 0 Å². The number of carbonyl (C=O) groups excluding carboxylic acids is 1. The molecule has 2 aliphatic rings. The van der Waals surface area contributed by atoms with E-state index in [9.17, 15) is 27.2 Å². The number of amides is 1. The van der Waals surface area contributed by atoms with Crippen LogP contribution in [0.5, 0.6) is 0 Å². The summed E-state index contributed by atoms with van der Waals surface area (Å²) >= 11 is 0. The number of pyridine rings is 1. The summed E-state index contributed by atoms with van der Waals surface area (Å²) in [4.78, 5) is 30.7. The van der Waals surface area contributed by atoms with E-state index in [0.29, 0.717) is 31.6 Å². The summed E-state index contributed by atoms with van der Waals surface area (Å²) in [6.07, 6.45) is -3.81. The highest BCUT2D eigenvalue weighted by molar-refractivity contribution is 5.81. The van der Waals surface area contributed by atoms with Crippen LogP contribution in [0.4, 0.5) is 17.6 Å². The largest absolute Gasteiger partial charge is 0.433 e. The van der Waals surface area contributed by atoms with Gasteiger partial charge in [0.05, 0.1) is 18.8 Å². The van der Waals surface area contributed by atoms with Crippen molar-refractivity contribution < 1.29 is 22.4 Å². The third-order valence-corrected chi connectivity index (χ3v) is 5.27. The van der Waals surface area contributed by atoms with E-state index < -0.39 is 29.8 Å². The monoisotopic (exact) mass is 413 g/mol. The van der Waals surface area contributed by atoms with Crippen LogP contribution in [-0.4, -0.2) is 49.4 Å². The van der Waals surface area contributed by atoms with Crippen LogP contribution in [0.1, 0.15) is 42.5 Å². The number of rotatable bonds is 3. The van der Waals surface area contributed by atoms with E-state index >= 15 is 0 Å². The number of hydrogen-bond donors (Lipinski definition) is 0. The number of likely N-dealkylation sites (tertiary alicyclic amines) is 1. The van der Waals surface area contributed by atoms with Gasteiger partial charge in [0.1, 0.15) is 23.7 Å². The smallest absolute Gasteiger partial charge is 0.338 e. The molecule has 1 saturated heterocycles. The molecule has 11 heteroatoms. The van der Waals surface area contributed by atoms with Gasteiger partial charge in [-0.3, -0.25) is 9.36 Å². The lowest BCUT2D eigenvalue weighted by Crippen LogP contribution is -2.41. The molecule has 0 N–H and O–H groups in total. The van der Waals surface area contributed by atoms with Gasteiger partial charge in [0, 0.05) is 13.0 Å². The van der Waals surface area contributed by atoms with Crippen LogP contribution < -0.4 is 5.69 Å². The first kappa shape index (κ1) is 19.6. The average Bonchev–Trinajstić information content (AvgIpc) is 3.24. The van der Waals surface area contributed by atoms with E-state index in [0.717, 1.165) is 10.7 Å². The Morgan fingerprint density at radius 1 is 1.24 bits per heavy atom. The summed E-state index contributed by atoms with van der Waals surface area (Å²) in [5.41, 5.74) is -1.58. The van der Waals surface area contributed by atoms with E-state index in [1.165, 1.54) is 21.6 Å². The molecular weight excluding hydrogens is 394 g/mol. The Morgan fingerprint density at radius 2 is 2.03 bits per heavy atom. The predicted molar refractivity (Wildman–Crippen MR) is 92.9 cm³/mol. The first-order chi connectivity index (χ1) is 13.7. The highest BCUT2D eigenvalue weighted by Crippen LogP contribution is 2.28. The number of halogens is 4. The molecule has 2 aliphatic heterocycles. The second-order valence-corrected chi connectivity index (χ2v) is 7.32. The summed E-state index contributed by atoms with van der Waals surface area (Å²) < 4.78 is 54.4. The molecule has 0 unspecified atom stereocenters. The summed E-state index contributed by atoms with van der Waals surface area (Å²) in [6.45, 7) is 0.0878. The Labute approximate surface area is 162 Å². The van der Waals surface area contributed by atoms with Gasteiger partial charge in [-0.15, -0.1) is 0 Å². The van der Waals surface area contributed by atoms with E-state index in [1.54, 1.807) is 0 Å². The van der Waals surface area contributed by atoms with Crippen molar-refractivity contribution in [2.24, 2.45) is 0 Å². The number of nitrogens with zero attached hydrogens (tertiary/aromatic N) is 5. The van der Waals surface area contributed by atoms with Gasteiger partial charge in [-0.2, -0.15) is 18.3 Å². The normalized spacial score (nSPS) is 22.0. The van der Waals surface area contributed by atoms with E-state index in [4.69, 9.17) is 0 Å². The molecule has 0 saturated carbocycles. The SMILES string of the molecule is O=C([C@@H]1CCCc2nn(Cc3cccc(C(F)(F)F)n3)c(=O)n21)N1CC[C@H](F)C1. The topological polar surface area (TPSA) is 73.0 Å². The maximum absolute atomic E-state index is 13.5. The van der Waals surface area contributed by atoms with Gasteiger partial charge in [-0.1, -0.05) is 6.07 Å². The first-order valence-electron chi connectivity index (χ1n) is 9.38. The van der Waals surface area contributed by atoms with E-state index in [-0.39, 0.29) is 31.1 Å². The van der Waals surface area contributed by atoms with Crippen LogP contribution in [0.15, 0.2) is 23.0 Å². The Kier molecular flexibility index (Phi) is 4.91. The van der Waals surface area contributed by atoms with Gasteiger partial charge in [0.2, 0.25) is 5.91 Å². The fourth-order valence-electron chi connectivity index (χ4n) is 3.88. The lowest BCUT2D eigenvalue weighted by Gasteiger charge is -2.26. The van der Waals surface area contributed by atoms with Crippen LogP contribution >= 0.6 is 0 Å². The minimum atomic E-state index is -4.59. The molecule has 156 valence electrons. The third-order valence-electron chi connectivity index (χ3n) is 5.27. The van der Waals surface area contributed by atoms with Crippen LogP contribution in [-0.2, 0) is 23.9 Å². The molecule has 2 atom stereocenters. The van der Waals surface area contributed by atoms with Crippen LogP contribution in [0.3, 0.4) is 0 Å². The lowest BCUT2D eigenvalue weighted by atomic mass is 10.0. The van der Waals surface area contributed by atoms with Crippen molar-refractivity contribution in [3.8, 4) is 0 Å². The van der Waals surface area contributed by atoms with Crippen LogP contribution in [0, 0.1) is 0 Å². The highest BCUT2D eigenvalue weighted by Gasteiger charge is 2.36. The van der Waals surface area contributed by atoms with Gasteiger partial charge in [-0.25, -0.2) is 18.9 Å². The fraction of sp³-hybridized carbons (Fsp3) is 0.556. The zero-order valence-electron chi connectivity index (χ0n) is 15.4. The van der Waals surface area contributed by atoms with Gasteiger partial charge in [0.15, 0.2) is 0 Å². The highest BCUT2D eigenvalue weighted by atomic mass is 19.4. The number of aromatic nitrogens is 4. The predicted octanol–water partition coefficient (Wildman–Crippen LogP) is 1.95. The van der Waals surface area contributed by atoms with Crippen molar-refractivity contribution in [3.63, 3.8) is 0 Å². The summed E-state index contributed by atoms with van der Waals surface area (Å²) in [5.74, 6) is 0.0903. The number of carbonyl (C=O) groups is 1. The Bertz CT molecular complexity index is 983. The maximum atomic E-state index is 13.5. The molecule has 0 spiro atoms. The molecule has 4 rings (SSSR count). The minimum Gasteiger partial charge on any atom is -0.338 e. The summed E-state index contributed by atoms with van der Waals surface area (Å²) in [6, 6.07) is 2.70.